The van der Waals surface area contributed by atoms with Gasteiger partial charge in [-0.25, -0.2) is 0 Å². The number of hydrogen-bond donors (Lipinski definition) is 2. The van der Waals surface area contributed by atoms with E-state index in [-0.39, 0.29) is 17.7 Å². The summed E-state index contributed by atoms with van der Waals surface area (Å²) in [5.74, 6) is 1.29. The number of benzene rings is 1. The molecule has 18 heavy (non-hydrogen) atoms. The highest BCUT2D eigenvalue weighted by molar-refractivity contribution is 5.96. The molecule has 98 valence electrons. The molecule has 3 heteroatoms. The Kier molecular flexibility index (Phi) is 3.60. The van der Waals surface area contributed by atoms with Crippen LogP contribution in [0.3, 0.4) is 0 Å². The molecule has 3 unspecified atom stereocenters. The van der Waals surface area contributed by atoms with Crippen LogP contribution in [-0.4, -0.2) is 17.1 Å². The first kappa shape index (κ1) is 12.9. The number of phenolic OH excluding ortho intramolecular Hbond substituents is 1. The number of aromatic hydroxyl groups is 1. The quantitative estimate of drug-likeness (QED) is 0.844. The maximum absolute atomic E-state index is 12.2. The number of hydrogen-bond acceptors (Lipinski definition) is 2. The molecule has 2 rings (SSSR count). The first-order valence-corrected chi connectivity index (χ1v) is 6.60. The molecule has 1 aromatic carbocycles. The second-order valence-corrected chi connectivity index (χ2v) is 5.44. The van der Waals surface area contributed by atoms with Crippen molar-refractivity contribution in [1.29, 1.82) is 0 Å². The summed E-state index contributed by atoms with van der Waals surface area (Å²) in [6, 6.07) is 5.33. The molecule has 0 spiro atoms. The van der Waals surface area contributed by atoms with Gasteiger partial charge in [0.15, 0.2) is 0 Å². The topological polar surface area (TPSA) is 49.3 Å². The molecular weight excluding hydrogens is 226 g/mol. The lowest BCUT2D eigenvalue weighted by Crippen LogP contribution is -2.37. The van der Waals surface area contributed by atoms with Gasteiger partial charge >= 0.3 is 0 Å². The summed E-state index contributed by atoms with van der Waals surface area (Å²) < 4.78 is 0. The van der Waals surface area contributed by atoms with Crippen LogP contribution >= 0.6 is 0 Å². The minimum absolute atomic E-state index is 0.0747. The maximum Gasteiger partial charge on any atom is 0.251 e. The molecule has 0 aliphatic heterocycles. The number of phenols is 1. The van der Waals surface area contributed by atoms with Crippen LogP contribution in [0.15, 0.2) is 18.2 Å². The highest BCUT2D eigenvalue weighted by atomic mass is 16.3. The molecule has 1 amide bonds. The van der Waals surface area contributed by atoms with Gasteiger partial charge in [-0.3, -0.25) is 4.79 Å². The van der Waals surface area contributed by atoms with Crippen molar-refractivity contribution < 1.29 is 9.90 Å². The van der Waals surface area contributed by atoms with Crippen LogP contribution in [0.2, 0.25) is 0 Å². The number of amides is 1. The van der Waals surface area contributed by atoms with Crippen molar-refractivity contribution in [2.45, 2.75) is 39.7 Å². The van der Waals surface area contributed by atoms with Crippen LogP contribution in [0.5, 0.6) is 5.75 Å². The van der Waals surface area contributed by atoms with E-state index in [0.717, 1.165) is 6.42 Å². The van der Waals surface area contributed by atoms with Crippen LogP contribution in [-0.2, 0) is 0 Å². The van der Waals surface area contributed by atoms with Gasteiger partial charge in [-0.15, -0.1) is 0 Å². The van der Waals surface area contributed by atoms with E-state index < -0.39 is 0 Å². The molecule has 0 bridgehead atoms. The van der Waals surface area contributed by atoms with Crippen LogP contribution in [0, 0.1) is 18.8 Å². The normalized spacial score (nSPS) is 27.2. The van der Waals surface area contributed by atoms with Gasteiger partial charge in [-0.2, -0.15) is 0 Å². The third-order valence-electron chi connectivity index (χ3n) is 4.33. The first-order valence-electron chi connectivity index (χ1n) is 6.60. The van der Waals surface area contributed by atoms with Crippen molar-refractivity contribution in [3.63, 3.8) is 0 Å². The van der Waals surface area contributed by atoms with E-state index in [1.54, 1.807) is 25.1 Å². The summed E-state index contributed by atoms with van der Waals surface area (Å²) in [5.41, 5.74) is 1.22. The third-order valence-corrected chi connectivity index (χ3v) is 4.33. The lowest BCUT2D eigenvalue weighted by Gasteiger charge is -2.20. The Labute approximate surface area is 108 Å². The fraction of sp³-hybridized carbons (Fsp3) is 0.533. The Morgan fingerprint density at radius 3 is 2.67 bits per heavy atom. The second kappa shape index (κ2) is 5.01. The number of nitrogens with one attached hydrogen (secondary N) is 1. The number of carbonyl (C=O) groups is 1. The second-order valence-electron chi connectivity index (χ2n) is 5.44. The van der Waals surface area contributed by atoms with Crippen molar-refractivity contribution in [3.05, 3.63) is 29.3 Å². The zero-order chi connectivity index (χ0) is 13.3. The van der Waals surface area contributed by atoms with Gasteiger partial charge in [0, 0.05) is 17.2 Å². The van der Waals surface area contributed by atoms with Crippen LogP contribution in [0.25, 0.3) is 0 Å². The zero-order valence-electron chi connectivity index (χ0n) is 11.2. The van der Waals surface area contributed by atoms with Crippen molar-refractivity contribution in [3.8, 4) is 5.75 Å². The van der Waals surface area contributed by atoms with E-state index >= 15 is 0 Å². The molecule has 0 heterocycles. The largest absolute Gasteiger partial charge is 0.508 e. The van der Waals surface area contributed by atoms with Crippen LogP contribution in [0.4, 0.5) is 0 Å². The van der Waals surface area contributed by atoms with Gasteiger partial charge in [-0.05, 0) is 43.7 Å². The molecule has 2 N–H and O–H groups in total. The average molecular weight is 247 g/mol. The number of carbonyl (C=O) groups excluding carboxylic acids is 1. The van der Waals surface area contributed by atoms with E-state index in [1.165, 1.54) is 6.42 Å². The third kappa shape index (κ3) is 2.35. The summed E-state index contributed by atoms with van der Waals surface area (Å²) >= 11 is 0. The predicted molar refractivity (Wildman–Crippen MR) is 71.7 cm³/mol. The Balaban J connectivity index is 2.11. The molecule has 1 aromatic rings. The van der Waals surface area contributed by atoms with Gasteiger partial charge in [0.1, 0.15) is 5.75 Å². The minimum atomic E-state index is -0.0747. The lowest BCUT2D eigenvalue weighted by atomic mass is 9.97. The summed E-state index contributed by atoms with van der Waals surface area (Å²) in [6.07, 6.45) is 2.22. The van der Waals surface area contributed by atoms with Crippen molar-refractivity contribution >= 4 is 5.91 Å². The fourth-order valence-electron chi connectivity index (χ4n) is 2.68. The van der Waals surface area contributed by atoms with Crippen molar-refractivity contribution in [2.75, 3.05) is 0 Å². The molecule has 0 radical (unpaired) electrons. The summed E-state index contributed by atoms with van der Waals surface area (Å²) in [7, 11) is 0. The summed E-state index contributed by atoms with van der Waals surface area (Å²) in [5, 5.41) is 12.7. The maximum atomic E-state index is 12.2. The Morgan fingerprint density at radius 2 is 2.06 bits per heavy atom. The van der Waals surface area contributed by atoms with E-state index in [1.807, 2.05) is 0 Å². The molecule has 1 fully saturated rings. The van der Waals surface area contributed by atoms with Gasteiger partial charge in [0.25, 0.3) is 5.91 Å². The van der Waals surface area contributed by atoms with Crippen molar-refractivity contribution in [1.82, 2.24) is 5.32 Å². The zero-order valence-corrected chi connectivity index (χ0v) is 11.2. The van der Waals surface area contributed by atoms with E-state index in [9.17, 15) is 9.90 Å². The number of rotatable bonds is 2. The van der Waals surface area contributed by atoms with Crippen LogP contribution in [0.1, 0.15) is 42.6 Å². The van der Waals surface area contributed by atoms with Gasteiger partial charge in [0.2, 0.25) is 0 Å². The summed E-state index contributed by atoms with van der Waals surface area (Å²) in [4.78, 5) is 12.2. The molecule has 1 aliphatic rings. The van der Waals surface area contributed by atoms with E-state index in [0.29, 0.717) is 23.0 Å². The van der Waals surface area contributed by atoms with E-state index in [2.05, 4.69) is 19.2 Å². The first-order chi connectivity index (χ1) is 8.50. The molecule has 1 aliphatic carbocycles. The summed E-state index contributed by atoms with van der Waals surface area (Å²) in [6.45, 7) is 6.19. The Bertz CT molecular complexity index is 456. The van der Waals surface area contributed by atoms with Gasteiger partial charge in [0.05, 0.1) is 0 Å². The Hall–Kier alpha value is -1.51. The van der Waals surface area contributed by atoms with E-state index in [4.69, 9.17) is 0 Å². The minimum Gasteiger partial charge on any atom is -0.508 e. The molecule has 0 aromatic heterocycles. The van der Waals surface area contributed by atoms with Gasteiger partial charge in [-0.1, -0.05) is 19.9 Å². The fourth-order valence-corrected chi connectivity index (χ4v) is 2.68. The monoisotopic (exact) mass is 247 g/mol. The molecule has 0 saturated heterocycles. The van der Waals surface area contributed by atoms with Crippen molar-refractivity contribution in [2.24, 2.45) is 11.8 Å². The highest BCUT2D eigenvalue weighted by Crippen LogP contribution is 2.31. The Morgan fingerprint density at radius 1 is 1.33 bits per heavy atom. The highest BCUT2D eigenvalue weighted by Gasteiger charge is 2.31. The van der Waals surface area contributed by atoms with Crippen LogP contribution < -0.4 is 5.32 Å². The predicted octanol–water partition coefficient (Wildman–Crippen LogP) is 2.87. The smallest absolute Gasteiger partial charge is 0.251 e. The molecule has 1 saturated carbocycles. The SMILES string of the molecule is Cc1c(O)cccc1C(=O)NC1CCC(C)C1C. The average Bonchev–Trinajstić information content (AvgIpc) is 2.64. The van der Waals surface area contributed by atoms with Gasteiger partial charge < -0.3 is 10.4 Å². The lowest BCUT2D eigenvalue weighted by molar-refractivity contribution is 0.0926. The standard InChI is InChI=1S/C15H21NO2/c1-9-7-8-13(10(9)2)16-15(18)12-5-4-6-14(17)11(12)3/h4-6,9-10,13,17H,7-8H2,1-3H3,(H,16,18). The molecule has 3 atom stereocenters. The molecule has 3 nitrogen and oxygen atoms in total. The molecular formula is C15H21NO2.